The van der Waals surface area contributed by atoms with E-state index in [1.807, 2.05) is 25.1 Å². The molecule has 0 N–H and O–H groups in total. The number of aryl methyl sites for hydroxylation is 2. The van der Waals surface area contributed by atoms with Gasteiger partial charge in [0.2, 0.25) is 0 Å². The van der Waals surface area contributed by atoms with Gasteiger partial charge < -0.3 is 0 Å². The van der Waals surface area contributed by atoms with Gasteiger partial charge in [0.1, 0.15) is 11.7 Å². The van der Waals surface area contributed by atoms with E-state index in [1.165, 1.54) is 0 Å². The molecule has 3 atom stereocenters. The lowest BCUT2D eigenvalue weighted by Gasteiger charge is -2.39. The molecular formula is C24H26O6. The third-order valence-corrected chi connectivity index (χ3v) is 5.36. The molecule has 0 heterocycles. The molecule has 0 bridgehead atoms. The van der Waals surface area contributed by atoms with Crippen LogP contribution < -0.4 is 0 Å². The van der Waals surface area contributed by atoms with Crippen LogP contribution in [0.2, 0.25) is 0 Å². The highest BCUT2D eigenvalue weighted by molar-refractivity contribution is 5.91. The van der Waals surface area contributed by atoms with Crippen molar-refractivity contribution in [2.45, 2.75) is 44.8 Å². The number of carbonyl (C=O) groups excluding carboxylic acids is 2. The fraction of sp³-hybridized carbons (Fsp3) is 0.333. The maximum absolute atomic E-state index is 12.4. The molecule has 0 spiro atoms. The molecule has 158 valence electrons. The minimum absolute atomic E-state index is 0.0673. The average molecular weight is 410 g/mol. The van der Waals surface area contributed by atoms with Crippen LogP contribution in [0.5, 0.6) is 0 Å². The molecule has 3 rings (SSSR count). The van der Waals surface area contributed by atoms with Gasteiger partial charge >= 0.3 is 11.9 Å². The summed E-state index contributed by atoms with van der Waals surface area (Å²) in [5, 5.41) is 0. The van der Waals surface area contributed by atoms with Crippen LogP contribution in [0.4, 0.5) is 0 Å². The predicted octanol–water partition coefficient (Wildman–Crippen LogP) is 4.76. The minimum atomic E-state index is -1.22. The Morgan fingerprint density at radius 2 is 1.47 bits per heavy atom. The molecule has 2 aromatic rings. The summed E-state index contributed by atoms with van der Waals surface area (Å²) in [5.41, 5.74) is 1.12. The summed E-state index contributed by atoms with van der Waals surface area (Å²) in [7, 11) is 0. The first-order valence-electron chi connectivity index (χ1n) is 9.87. The number of rotatable bonds is 6. The zero-order valence-electron chi connectivity index (χ0n) is 17.3. The van der Waals surface area contributed by atoms with Crippen molar-refractivity contribution in [1.29, 1.82) is 0 Å². The fourth-order valence-corrected chi connectivity index (χ4v) is 3.38. The van der Waals surface area contributed by atoms with E-state index in [0.717, 1.165) is 11.1 Å². The molecular weight excluding hydrogens is 384 g/mol. The van der Waals surface area contributed by atoms with Gasteiger partial charge in [-0.2, -0.15) is 9.78 Å². The molecule has 2 aromatic carbocycles. The normalized spacial score (nSPS) is 23.6. The molecule has 1 saturated carbocycles. The Balaban J connectivity index is 1.65. The molecule has 0 amide bonds. The first kappa shape index (κ1) is 22.0. The van der Waals surface area contributed by atoms with E-state index in [1.54, 1.807) is 37.3 Å². The van der Waals surface area contributed by atoms with Crippen molar-refractivity contribution in [1.82, 2.24) is 0 Å². The zero-order chi connectivity index (χ0) is 21.7. The van der Waals surface area contributed by atoms with E-state index < -0.39 is 23.6 Å². The maximum atomic E-state index is 12.4. The van der Waals surface area contributed by atoms with Gasteiger partial charge in [-0.15, -0.1) is 0 Å². The summed E-state index contributed by atoms with van der Waals surface area (Å²) >= 11 is 0. The lowest BCUT2D eigenvalue weighted by atomic mass is 9.78. The van der Waals surface area contributed by atoms with Crippen molar-refractivity contribution in [3.8, 4) is 0 Å². The number of benzene rings is 2. The summed E-state index contributed by atoms with van der Waals surface area (Å²) in [5.74, 6) is -1.17. The Bertz CT molecular complexity index is 908. The minimum Gasteiger partial charge on any atom is -0.292 e. The number of hydrogen-bond donors (Lipinski definition) is 0. The molecule has 6 nitrogen and oxygen atoms in total. The van der Waals surface area contributed by atoms with Crippen molar-refractivity contribution in [3.63, 3.8) is 0 Å². The van der Waals surface area contributed by atoms with Crippen LogP contribution >= 0.6 is 0 Å². The van der Waals surface area contributed by atoms with Crippen LogP contribution in [0.3, 0.4) is 0 Å². The summed E-state index contributed by atoms with van der Waals surface area (Å²) < 4.78 is 0. The van der Waals surface area contributed by atoms with Crippen molar-refractivity contribution >= 4 is 11.9 Å². The Morgan fingerprint density at radius 1 is 0.933 bits per heavy atom. The van der Waals surface area contributed by atoms with E-state index >= 15 is 0 Å². The van der Waals surface area contributed by atoms with Crippen LogP contribution in [-0.4, -0.2) is 23.6 Å². The smallest absolute Gasteiger partial charge is 0.292 e. The number of hydrogen-bond acceptors (Lipinski definition) is 6. The number of carbonyl (C=O) groups is 2. The lowest BCUT2D eigenvalue weighted by molar-refractivity contribution is -0.380. The molecule has 30 heavy (non-hydrogen) atoms. The van der Waals surface area contributed by atoms with E-state index in [2.05, 4.69) is 13.8 Å². The van der Waals surface area contributed by atoms with Crippen LogP contribution in [0.25, 0.3) is 0 Å². The monoisotopic (exact) mass is 410 g/mol. The Morgan fingerprint density at radius 3 is 2.03 bits per heavy atom. The summed E-state index contributed by atoms with van der Waals surface area (Å²) in [6.45, 7) is 11.7. The highest BCUT2D eigenvalue weighted by Crippen LogP contribution is 2.37. The molecule has 0 aliphatic heterocycles. The first-order chi connectivity index (χ1) is 14.3. The topological polar surface area (TPSA) is 71.1 Å². The second-order valence-electron chi connectivity index (χ2n) is 7.74. The van der Waals surface area contributed by atoms with Crippen molar-refractivity contribution in [2.75, 3.05) is 0 Å². The SMILES string of the molecule is [CH2]C1CCC([CH2])(OOC(=O)c2ccccc2C)C(OOC(=O)c2ccccc2C)C1. The molecule has 1 fully saturated rings. The van der Waals surface area contributed by atoms with E-state index in [0.29, 0.717) is 30.4 Å². The Hall–Kier alpha value is -2.70. The van der Waals surface area contributed by atoms with E-state index in [4.69, 9.17) is 19.6 Å². The van der Waals surface area contributed by atoms with Gasteiger partial charge in [-0.25, -0.2) is 9.59 Å². The van der Waals surface area contributed by atoms with Crippen LogP contribution in [0, 0.1) is 33.6 Å². The molecule has 3 unspecified atom stereocenters. The molecule has 1 aliphatic carbocycles. The highest BCUT2D eigenvalue weighted by Gasteiger charge is 2.45. The van der Waals surface area contributed by atoms with Crippen molar-refractivity contribution in [3.05, 3.63) is 84.6 Å². The summed E-state index contributed by atoms with van der Waals surface area (Å²) in [6.07, 6.45) is 0.824. The molecule has 2 radical (unpaired) electrons. The highest BCUT2D eigenvalue weighted by atomic mass is 17.2. The standard InChI is InChI=1S/C24H26O6/c1-16-13-14-24(4,30-29-23(26)20-12-8-6-10-18(20)3)21(15-16)27-28-22(25)19-11-7-5-9-17(19)2/h5-12,16,21H,1,4,13-15H2,2-3H3. The average Bonchev–Trinajstić information content (AvgIpc) is 2.73. The van der Waals surface area contributed by atoms with Crippen molar-refractivity contribution < 1.29 is 29.1 Å². The zero-order valence-corrected chi connectivity index (χ0v) is 17.3. The summed E-state index contributed by atoms with van der Waals surface area (Å²) in [4.78, 5) is 45.8. The van der Waals surface area contributed by atoms with Gasteiger partial charge in [-0.3, -0.25) is 9.78 Å². The largest absolute Gasteiger partial charge is 0.373 e. The van der Waals surface area contributed by atoms with Crippen molar-refractivity contribution in [2.24, 2.45) is 5.92 Å². The van der Waals surface area contributed by atoms with Gasteiger partial charge in [0, 0.05) is 0 Å². The second-order valence-corrected chi connectivity index (χ2v) is 7.74. The Labute approximate surface area is 176 Å². The quantitative estimate of drug-likeness (QED) is 0.505. The Kier molecular flexibility index (Phi) is 6.90. The lowest BCUT2D eigenvalue weighted by Crippen LogP contribution is -2.49. The second kappa shape index (κ2) is 9.41. The van der Waals surface area contributed by atoms with Crippen LogP contribution in [0.1, 0.15) is 51.1 Å². The van der Waals surface area contributed by atoms with Gasteiger partial charge in [0.05, 0.1) is 11.1 Å². The van der Waals surface area contributed by atoms with Gasteiger partial charge in [0.25, 0.3) is 0 Å². The maximum Gasteiger partial charge on any atom is 0.373 e. The molecule has 1 aliphatic rings. The van der Waals surface area contributed by atoms with Gasteiger partial charge in [-0.1, -0.05) is 43.3 Å². The first-order valence-corrected chi connectivity index (χ1v) is 9.87. The van der Waals surface area contributed by atoms with Gasteiger partial charge in [-0.05, 0) is 69.2 Å². The molecule has 0 aromatic heterocycles. The molecule has 6 heteroatoms. The van der Waals surface area contributed by atoms with E-state index in [-0.39, 0.29) is 5.92 Å². The molecule has 0 saturated heterocycles. The van der Waals surface area contributed by atoms with E-state index in [9.17, 15) is 9.59 Å². The van der Waals surface area contributed by atoms with Crippen LogP contribution in [-0.2, 0) is 19.6 Å². The van der Waals surface area contributed by atoms with Crippen LogP contribution in [0.15, 0.2) is 48.5 Å². The summed E-state index contributed by atoms with van der Waals surface area (Å²) in [6, 6.07) is 14.1. The van der Waals surface area contributed by atoms with Gasteiger partial charge in [0.15, 0.2) is 0 Å². The third-order valence-electron chi connectivity index (χ3n) is 5.36. The fourth-order valence-electron chi connectivity index (χ4n) is 3.38. The predicted molar refractivity (Wildman–Crippen MR) is 110 cm³/mol. The third kappa shape index (κ3) is 5.07.